The molecule has 6 rings (SSSR count). The third-order valence-electron chi connectivity index (χ3n) is 6.30. The smallest absolute Gasteiger partial charge is 0.129 e. The Hall–Kier alpha value is -2.11. The van der Waals surface area contributed by atoms with E-state index < -0.39 is 0 Å². The van der Waals surface area contributed by atoms with E-state index in [1.54, 1.807) is 15.2 Å². The standard InChI is InChI=1S/C23H21FIN5OS/c24-15-1-4-20-16(13-15)17-14-29(8-7-21(17)30(20)32-25)23-6-3-18-19(27-23)2-5-22(26-18)28-9-11-31-12-10-28/h1-6,13H,7-12,14H2. The minimum absolute atomic E-state index is 0.195. The van der Waals surface area contributed by atoms with Gasteiger partial charge in [0.2, 0.25) is 0 Å². The Bertz CT molecular complexity index is 1320. The van der Waals surface area contributed by atoms with Crippen LogP contribution in [0.3, 0.4) is 0 Å². The highest BCUT2D eigenvalue weighted by Crippen LogP contribution is 2.37. The first-order valence-corrected chi connectivity index (χ1v) is 14.0. The molecular weight excluding hydrogens is 540 g/mol. The summed E-state index contributed by atoms with van der Waals surface area (Å²) in [6.07, 6.45) is 0.898. The number of halogens is 2. The van der Waals surface area contributed by atoms with Crippen LogP contribution in [0.1, 0.15) is 11.3 Å². The van der Waals surface area contributed by atoms with Gasteiger partial charge in [0.25, 0.3) is 0 Å². The Labute approximate surface area is 201 Å². The van der Waals surface area contributed by atoms with Crippen LogP contribution >= 0.6 is 30.3 Å². The maximum Gasteiger partial charge on any atom is 0.129 e. The van der Waals surface area contributed by atoms with Crippen LogP contribution in [0.4, 0.5) is 16.0 Å². The van der Waals surface area contributed by atoms with E-state index in [-0.39, 0.29) is 5.82 Å². The number of hydrogen-bond acceptors (Lipinski definition) is 6. The Morgan fingerprint density at radius 3 is 2.34 bits per heavy atom. The van der Waals surface area contributed by atoms with Crippen LogP contribution in [-0.2, 0) is 17.7 Å². The molecule has 0 amide bonds. The quantitative estimate of drug-likeness (QED) is 0.330. The van der Waals surface area contributed by atoms with Gasteiger partial charge in [0.15, 0.2) is 0 Å². The Morgan fingerprint density at radius 2 is 1.62 bits per heavy atom. The molecule has 164 valence electrons. The first kappa shape index (κ1) is 20.5. The number of rotatable bonds is 3. The maximum absolute atomic E-state index is 14.0. The normalized spacial score (nSPS) is 16.7. The zero-order valence-electron chi connectivity index (χ0n) is 17.3. The van der Waals surface area contributed by atoms with Crippen molar-refractivity contribution in [3.63, 3.8) is 0 Å². The van der Waals surface area contributed by atoms with E-state index in [2.05, 4.69) is 53.2 Å². The average molecular weight is 561 g/mol. The molecule has 2 aliphatic heterocycles. The van der Waals surface area contributed by atoms with Crippen molar-refractivity contribution in [1.29, 1.82) is 0 Å². The summed E-state index contributed by atoms with van der Waals surface area (Å²) in [4.78, 5) is 14.3. The van der Waals surface area contributed by atoms with Crippen molar-refractivity contribution >= 4 is 63.9 Å². The van der Waals surface area contributed by atoms with E-state index in [9.17, 15) is 4.39 Å². The van der Waals surface area contributed by atoms with Crippen molar-refractivity contribution in [2.75, 3.05) is 42.6 Å². The first-order valence-electron chi connectivity index (χ1n) is 10.7. The van der Waals surface area contributed by atoms with Crippen molar-refractivity contribution in [2.45, 2.75) is 13.0 Å². The van der Waals surface area contributed by atoms with Crippen LogP contribution in [0.2, 0.25) is 0 Å². The zero-order valence-corrected chi connectivity index (χ0v) is 20.3. The summed E-state index contributed by atoms with van der Waals surface area (Å²) in [7, 11) is 1.65. The number of benzene rings is 1. The van der Waals surface area contributed by atoms with Gasteiger partial charge in [-0.2, -0.15) is 0 Å². The second-order valence-electron chi connectivity index (χ2n) is 8.10. The lowest BCUT2D eigenvalue weighted by Crippen LogP contribution is -2.36. The van der Waals surface area contributed by atoms with Crippen LogP contribution in [0, 0.1) is 5.82 Å². The Morgan fingerprint density at radius 1 is 0.906 bits per heavy atom. The lowest BCUT2D eigenvalue weighted by Gasteiger charge is -2.29. The molecule has 0 spiro atoms. The van der Waals surface area contributed by atoms with Gasteiger partial charge in [-0.25, -0.2) is 14.4 Å². The van der Waals surface area contributed by atoms with Gasteiger partial charge < -0.3 is 14.5 Å². The van der Waals surface area contributed by atoms with Gasteiger partial charge in [0.05, 0.1) is 29.8 Å². The highest BCUT2D eigenvalue weighted by Gasteiger charge is 2.25. The van der Waals surface area contributed by atoms with Gasteiger partial charge in [-0.15, -0.1) is 0 Å². The van der Waals surface area contributed by atoms with E-state index in [1.807, 2.05) is 12.1 Å². The van der Waals surface area contributed by atoms with Crippen LogP contribution in [0.15, 0.2) is 42.5 Å². The third kappa shape index (κ3) is 3.50. The van der Waals surface area contributed by atoms with Crippen molar-refractivity contribution in [1.82, 2.24) is 13.9 Å². The predicted octanol–water partition coefficient (Wildman–Crippen LogP) is 4.97. The molecule has 9 heteroatoms. The number of aromatic nitrogens is 3. The third-order valence-corrected chi connectivity index (χ3v) is 8.04. The molecule has 0 saturated carbocycles. The molecule has 4 aromatic rings. The largest absolute Gasteiger partial charge is 0.378 e. The Balaban J connectivity index is 1.33. The maximum atomic E-state index is 14.0. The van der Waals surface area contributed by atoms with Crippen LogP contribution in [0.25, 0.3) is 21.9 Å². The number of pyridine rings is 2. The lowest BCUT2D eigenvalue weighted by molar-refractivity contribution is 0.122. The molecule has 1 fully saturated rings. The molecule has 5 heterocycles. The summed E-state index contributed by atoms with van der Waals surface area (Å²) in [5.74, 6) is 1.71. The number of fused-ring (bicyclic) bond motifs is 4. The summed E-state index contributed by atoms with van der Waals surface area (Å²) in [5, 5.41) is 0.992. The molecule has 32 heavy (non-hydrogen) atoms. The van der Waals surface area contributed by atoms with Gasteiger partial charge in [-0.05, 0) is 42.5 Å². The summed E-state index contributed by atoms with van der Waals surface area (Å²) in [6.45, 7) is 4.81. The molecule has 1 saturated heterocycles. The lowest BCUT2D eigenvalue weighted by atomic mass is 10.0. The van der Waals surface area contributed by atoms with Crippen molar-refractivity contribution < 1.29 is 9.13 Å². The molecule has 0 bridgehead atoms. The number of nitrogens with zero attached hydrogens (tertiary/aromatic N) is 5. The highest BCUT2D eigenvalue weighted by molar-refractivity contribution is 14.2. The van der Waals surface area contributed by atoms with E-state index in [4.69, 9.17) is 14.7 Å². The van der Waals surface area contributed by atoms with Crippen LogP contribution in [-0.4, -0.2) is 46.8 Å². The van der Waals surface area contributed by atoms with E-state index in [0.717, 1.165) is 79.4 Å². The van der Waals surface area contributed by atoms with Crippen LogP contribution in [0.5, 0.6) is 0 Å². The SMILES string of the molecule is Fc1ccc2c(c1)c1c(n2SI)CCN(c2ccc3nc(N4CCOCC4)ccc3n2)C1. The van der Waals surface area contributed by atoms with Crippen LogP contribution < -0.4 is 9.80 Å². The fraction of sp³-hybridized carbons (Fsp3) is 0.304. The van der Waals surface area contributed by atoms with Crippen molar-refractivity contribution in [3.05, 3.63) is 59.5 Å². The van der Waals surface area contributed by atoms with E-state index >= 15 is 0 Å². The molecular formula is C23H21FIN5OS. The Kier molecular flexibility index (Phi) is 5.34. The van der Waals surface area contributed by atoms with E-state index in [1.165, 1.54) is 17.3 Å². The number of morpholine rings is 1. The molecule has 3 aromatic heterocycles. The minimum Gasteiger partial charge on any atom is -0.378 e. The van der Waals surface area contributed by atoms with E-state index in [0.29, 0.717) is 0 Å². The predicted molar refractivity (Wildman–Crippen MR) is 136 cm³/mol. The molecule has 0 atom stereocenters. The second kappa shape index (κ2) is 8.35. The van der Waals surface area contributed by atoms with Gasteiger partial charge >= 0.3 is 0 Å². The highest BCUT2D eigenvalue weighted by atomic mass is 127. The molecule has 6 nitrogen and oxygen atoms in total. The number of hydrogen-bond donors (Lipinski definition) is 0. The topological polar surface area (TPSA) is 46.4 Å². The first-order chi connectivity index (χ1) is 15.7. The zero-order chi connectivity index (χ0) is 21.7. The van der Waals surface area contributed by atoms with Crippen molar-refractivity contribution in [2.24, 2.45) is 0 Å². The fourth-order valence-electron chi connectivity index (χ4n) is 4.70. The summed E-state index contributed by atoms with van der Waals surface area (Å²) >= 11 is 2.30. The fourth-order valence-corrected chi connectivity index (χ4v) is 6.57. The molecule has 0 N–H and O–H groups in total. The summed E-state index contributed by atoms with van der Waals surface area (Å²) < 4.78 is 21.7. The van der Waals surface area contributed by atoms with Gasteiger partial charge in [-0.3, -0.25) is 3.97 Å². The molecule has 2 aliphatic rings. The monoisotopic (exact) mass is 561 g/mol. The van der Waals surface area contributed by atoms with Gasteiger partial charge in [0, 0.05) is 79.6 Å². The molecule has 1 aromatic carbocycles. The van der Waals surface area contributed by atoms with Gasteiger partial charge in [-0.1, -0.05) is 0 Å². The number of ether oxygens (including phenoxy) is 1. The summed E-state index contributed by atoms with van der Waals surface area (Å²) in [6, 6.07) is 13.3. The van der Waals surface area contributed by atoms with Crippen molar-refractivity contribution in [3.8, 4) is 0 Å². The average Bonchev–Trinajstić information content (AvgIpc) is 3.16. The molecule has 0 unspecified atom stereocenters. The minimum atomic E-state index is -0.195. The second-order valence-corrected chi connectivity index (χ2v) is 9.78. The summed E-state index contributed by atoms with van der Waals surface area (Å²) in [5.41, 5.74) is 5.33. The molecule has 0 aliphatic carbocycles. The van der Waals surface area contributed by atoms with Gasteiger partial charge in [0.1, 0.15) is 17.5 Å². The molecule has 0 radical (unpaired) electrons. The number of anilines is 2.